The molecule has 0 aliphatic rings. The van der Waals surface area contributed by atoms with Gasteiger partial charge < -0.3 is 14.6 Å². The van der Waals surface area contributed by atoms with Crippen LogP contribution in [0.5, 0.6) is 11.5 Å². The van der Waals surface area contributed by atoms with Crippen LogP contribution in [-0.2, 0) is 6.42 Å². The number of benzene rings is 2. The number of rotatable bonds is 8. The number of aromatic carboxylic acids is 1. The molecule has 0 saturated heterocycles. The molecule has 140 valence electrons. The number of hydrogen-bond donors (Lipinski definition) is 1. The lowest BCUT2D eigenvalue weighted by Gasteiger charge is -2.09. The van der Waals surface area contributed by atoms with E-state index in [0.717, 1.165) is 22.6 Å². The molecule has 0 bridgehead atoms. The maximum Gasteiger partial charge on any atom is 0.347 e. The second-order valence-electron chi connectivity index (χ2n) is 5.99. The molecule has 3 aromatic rings. The van der Waals surface area contributed by atoms with Crippen molar-refractivity contribution in [1.82, 2.24) is 4.98 Å². The Morgan fingerprint density at radius 1 is 1.07 bits per heavy atom. The summed E-state index contributed by atoms with van der Waals surface area (Å²) in [4.78, 5) is 16.0. The Morgan fingerprint density at radius 2 is 1.78 bits per heavy atom. The molecule has 0 aliphatic carbocycles. The van der Waals surface area contributed by atoms with Gasteiger partial charge in [0.05, 0.1) is 5.69 Å². The summed E-state index contributed by atoms with van der Waals surface area (Å²) < 4.78 is 11.4. The van der Waals surface area contributed by atoms with E-state index in [4.69, 9.17) is 9.47 Å². The van der Waals surface area contributed by atoms with Crippen LogP contribution in [0.4, 0.5) is 0 Å². The number of aryl methyl sites for hydroxylation is 2. The predicted octanol–water partition coefficient (Wildman–Crippen LogP) is 4.84. The van der Waals surface area contributed by atoms with E-state index < -0.39 is 5.97 Å². The number of nitrogens with zero attached hydrogens (tertiary/aromatic N) is 1. The van der Waals surface area contributed by atoms with Crippen molar-refractivity contribution in [3.8, 4) is 22.1 Å². The average molecular weight is 383 g/mol. The van der Waals surface area contributed by atoms with Gasteiger partial charge in [0.15, 0.2) is 0 Å². The lowest BCUT2D eigenvalue weighted by atomic mass is 10.2. The highest BCUT2D eigenvalue weighted by Gasteiger charge is 2.16. The fourth-order valence-corrected chi connectivity index (χ4v) is 3.60. The third kappa shape index (κ3) is 4.86. The van der Waals surface area contributed by atoms with Gasteiger partial charge >= 0.3 is 5.97 Å². The van der Waals surface area contributed by atoms with Crippen LogP contribution >= 0.6 is 11.3 Å². The third-order valence-corrected chi connectivity index (χ3v) is 5.07. The monoisotopic (exact) mass is 383 g/mol. The van der Waals surface area contributed by atoms with E-state index in [1.807, 2.05) is 62.4 Å². The Balaban J connectivity index is 1.56. The van der Waals surface area contributed by atoms with Gasteiger partial charge in [-0.15, -0.1) is 11.3 Å². The lowest BCUT2D eigenvalue weighted by molar-refractivity contribution is 0.0701. The molecule has 1 N–H and O–H groups in total. The van der Waals surface area contributed by atoms with Crippen molar-refractivity contribution in [2.75, 3.05) is 13.2 Å². The van der Waals surface area contributed by atoms with Gasteiger partial charge in [-0.1, -0.05) is 19.1 Å². The number of carboxylic acid groups (broad SMARTS) is 1. The Bertz CT molecular complexity index is 918. The maximum atomic E-state index is 11.3. The lowest BCUT2D eigenvalue weighted by Crippen LogP contribution is -2.08. The molecule has 0 spiro atoms. The van der Waals surface area contributed by atoms with E-state index >= 15 is 0 Å². The molecule has 27 heavy (non-hydrogen) atoms. The minimum atomic E-state index is -0.927. The van der Waals surface area contributed by atoms with Crippen LogP contribution in [0.3, 0.4) is 0 Å². The minimum Gasteiger partial charge on any atom is -0.490 e. The fourth-order valence-electron chi connectivity index (χ4n) is 2.60. The first-order chi connectivity index (χ1) is 13.1. The third-order valence-electron chi connectivity index (χ3n) is 3.94. The number of hydrogen-bond acceptors (Lipinski definition) is 5. The van der Waals surface area contributed by atoms with Gasteiger partial charge in [-0.2, -0.15) is 0 Å². The van der Waals surface area contributed by atoms with Crippen molar-refractivity contribution in [2.24, 2.45) is 0 Å². The molecule has 0 amide bonds. The van der Waals surface area contributed by atoms with Crippen LogP contribution in [0.15, 0.2) is 48.5 Å². The molecular weight excluding hydrogens is 362 g/mol. The van der Waals surface area contributed by atoms with Crippen LogP contribution in [0.2, 0.25) is 0 Å². The normalized spacial score (nSPS) is 10.6. The minimum absolute atomic E-state index is 0.307. The zero-order valence-corrected chi connectivity index (χ0v) is 16.1. The Hall–Kier alpha value is -2.86. The summed E-state index contributed by atoms with van der Waals surface area (Å²) in [6, 6.07) is 15.4. The zero-order valence-electron chi connectivity index (χ0n) is 15.3. The highest BCUT2D eigenvalue weighted by atomic mass is 32.1. The number of aromatic nitrogens is 1. The quantitative estimate of drug-likeness (QED) is 0.564. The summed E-state index contributed by atoms with van der Waals surface area (Å²) in [6.07, 6.45) is 0.597. The van der Waals surface area contributed by atoms with Gasteiger partial charge in [0, 0.05) is 5.56 Å². The first kappa shape index (κ1) is 18.9. The molecule has 5 nitrogen and oxygen atoms in total. The largest absolute Gasteiger partial charge is 0.490 e. The summed E-state index contributed by atoms with van der Waals surface area (Å²) in [7, 11) is 0. The summed E-state index contributed by atoms with van der Waals surface area (Å²) in [5.41, 5.74) is 2.66. The molecule has 1 aromatic heterocycles. The topological polar surface area (TPSA) is 68.7 Å². The SMILES string of the molecule is CCc1nc(-c2ccc(OCCOc3cccc(C)c3)cc2)sc1C(=O)O. The van der Waals surface area contributed by atoms with E-state index in [9.17, 15) is 9.90 Å². The van der Waals surface area contributed by atoms with Crippen molar-refractivity contribution in [2.45, 2.75) is 20.3 Å². The number of carbonyl (C=O) groups is 1. The average Bonchev–Trinajstić information content (AvgIpc) is 3.11. The maximum absolute atomic E-state index is 11.3. The highest BCUT2D eigenvalue weighted by molar-refractivity contribution is 7.17. The molecule has 0 radical (unpaired) electrons. The molecule has 0 aliphatic heterocycles. The van der Waals surface area contributed by atoms with Gasteiger partial charge in [0.25, 0.3) is 0 Å². The van der Waals surface area contributed by atoms with Crippen molar-refractivity contribution in [3.63, 3.8) is 0 Å². The van der Waals surface area contributed by atoms with E-state index in [1.54, 1.807) is 0 Å². The van der Waals surface area contributed by atoms with Crippen molar-refractivity contribution in [3.05, 3.63) is 64.7 Å². The van der Waals surface area contributed by atoms with Gasteiger partial charge in [-0.25, -0.2) is 9.78 Å². The molecule has 0 fully saturated rings. The highest BCUT2D eigenvalue weighted by Crippen LogP contribution is 2.29. The molecule has 3 rings (SSSR count). The van der Waals surface area contributed by atoms with Crippen LogP contribution in [-0.4, -0.2) is 29.3 Å². The fraction of sp³-hybridized carbons (Fsp3) is 0.238. The first-order valence-corrected chi connectivity index (χ1v) is 9.54. The van der Waals surface area contributed by atoms with Crippen LogP contribution in [0.25, 0.3) is 10.6 Å². The predicted molar refractivity (Wildman–Crippen MR) is 106 cm³/mol. The molecule has 1 heterocycles. The zero-order chi connectivity index (χ0) is 19.2. The van der Waals surface area contributed by atoms with Crippen molar-refractivity contribution >= 4 is 17.3 Å². The van der Waals surface area contributed by atoms with Gasteiger partial charge in [-0.05, 0) is 55.3 Å². The molecule has 0 saturated carbocycles. The second kappa shape index (κ2) is 8.68. The van der Waals surface area contributed by atoms with Gasteiger partial charge in [-0.3, -0.25) is 0 Å². The number of carboxylic acids is 1. The summed E-state index contributed by atoms with van der Waals surface area (Å²) in [5, 5.41) is 9.96. The molecule has 0 unspecified atom stereocenters. The van der Waals surface area contributed by atoms with Crippen molar-refractivity contribution in [1.29, 1.82) is 0 Å². The first-order valence-electron chi connectivity index (χ1n) is 8.72. The van der Waals surface area contributed by atoms with Crippen LogP contribution < -0.4 is 9.47 Å². The van der Waals surface area contributed by atoms with Gasteiger partial charge in [0.2, 0.25) is 0 Å². The molecule has 2 aromatic carbocycles. The van der Waals surface area contributed by atoms with E-state index in [2.05, 4.69) is 4.98 Å². The molecule has 6 heteroatoms. The number of ether oxygens (including phenoxy) is 2. The van der Waals surface area contributed by atoms with Crippen LogP contribution in [0, 0.1) is 6.92 Å². The standard InChI is InChI=1S/C21H21NO4S/c1-3-18-19(21(23)24)27-20(22-18)15-7-9-16(10-8-15)25-11-12-26-17-6-4-5-14(2)13-17/h4-10,13H,3,11-12H2,1-2H3,(H,23,24). The Kier molecular flexibility index (Phi) is 6.08. The Morgan fingerprint density at radius 3 is 2.37 bits per heavy atom. The summed E-state index contributed by atoms with van der Waals surface area (Å²) in [5.74, 6) is 0.639. The van der Waals surface area contributed by atoms with E-state index in [-0.39, 0.29) is 0 Å². The molecular formula is C21H21NO4S. The summed E-state index contributed by atoms with van der Waals surface area (Å²) >= 11 is 1.20. The Labute approximate surface area is 162 Å². The smallest absolute Gasteiger partial charge is 0.347 e. The van der Waals surface area contributed by atoms with E-state index in [0.29, 0.717) is 35.2 Å². The van der Waals surface area contributed by atoms with Crippen LogP contribution in [0.1, 0.15) is 27.9 Å². The second-order valence-corrected chi connectivity index (χ2v) is 6.99. The van der Waals surface area contributed by atoms with E-state index in [1.165, 1.54) is 11.3 Å². The van der Waals surface area contributed by atoms with Crippen molar-refractivity contribution < 1.29 is 19.4 Å². The summed E-state index contributed by atoms with van der Waals surface area (Å²) in [6.45, 7) is 4.82. The molecule has 0 atom stereocenters. The van der Waals surface area contributed by atoms with Gasteiger partial charge in [0.1, 0.15) is 34.6 Å². The number of thiazole rings is 1.